The summed E-state index contributed by atoms with van der Waals surface area (Å²) in [7, 11) is 0. The minimum absolute atomic E-state index is 0.195. The summed E-state index contributed by atoms with van der Waals surface area (Å²) in [6.45, 7) is 3.70. The third-order valence-electron chi connectivity index (χ3n) is 1.90. The van der Waals surface area contributed by atoms with E-state index in [2.05, 4.69) is 4.98 Å². The number of nitrogens with zero attached hydrogens (tertiary/aromatic N) is 1. The van der Waals surface area contributed by atoms with Crippen LogP contribution < -0.4 is 5.73 Å². The minimum atomic E-state index is -0.195. The van der Waals surface area contributed by atoms with Gasteiger partial charge in [0, 0.05) is 0 Å². The molecule has 4 heteroatoms. The van der Waals surface area contributed by atoms with Crippen LogP contribution in [0.2, 0.25) is 0 Å². The summed E-state index contributed by atoms with van der Waals surface area (Å²) in [5.74, 6) is 2.67. The maximum absolute atomic E-state index is 5.62. The first-order valence-electron chi connectivity index (χ1n) is 4.45. The number of nitrogens with two attached hydrogens (primary N) is 1. The van der Waals surface area contributed by atoms with Crippen LogP contribution in [0.1, 0.15) is 24.6 Å². The van der Waals surface area contributed by atoms with Crippen LogP contribution in [0.25, 0.3) is 11.5 Å². The third kappa shape index (κ3) is 1.56. The fraction of sp³-hybridized carbons (Fsp3) is 0.300. The fourth-order valence-electron chi connectivity index (χ4n) is 1.18. The first-order chi connectivity index (χ1) is 6.66. The van der Waals surface area contributed by atoms with Gasteiger partial charge in [0.2, 0.25) is 5.89 Å². The molecule has 0 aromatic carbocycles. The van der Waals surface area contributed by atoms with Gasteiger partial charge in [-0.25, -0.2) is 4.98 Å². The molecule has 4 nitrogen and oxygen atoms in total. The van der Waals surface area contributed by atoms with E-state index in [1.54, 1.807) is 6.20 Å². The van der Waals surface area contributed by atoms with Crippen LogP contribution in [0.4, 0.5) is 0 Å². The van der Waals surface area contributed by atoms with Gasteiger partial charge < -0.3 is 14.6 Å². The van der Waals surface area contributed by atoms with Gasteiger partial charge in [0.05, 0.1) is 12.2 Å². The van der Waals surface area contributed by atoms with Crippen molar-refractivity contribution in [3.05, 3.63) is 30.0 Å². The lowest BCUT2D eigenvalue weighted by Crippen LogP contribution is -2.04. The predicted molar refractivity (Wildman–Crippen MR) is 51.5 cm³/mol. The zero-order valence-corrected chi connectivity index (χ0v) is 8.15. The van der Waals surface area contributed by atoms with Crippen LogP contribution in [0.5, 0.6) is 0 Å². The van der Waals surface area contributed by atoms with E-state index in [1.807, 2.05) is 26.0 Å². The molecule has 2 aromatic rings. The zero-order valence-electron chi connectivity index (χ0n) is 8.15. The first-order valence-corrected chi connectivity index (χ1v) is 4.45. The van der Waals surface area contributed by atoms with Crippen molar-refractivity contribution in [2.24, 2.45) is 5.73 Å². The normalized spacial score (nSPS) is 13.1. The van der Waals surface area contributed by atoms with Crippen molar-refractivity contribution in [2.75, 3.05) is 0 Å². The topological polar surface area (TPSA) is 65.2 Å². The molecule has 0 aliphatic rings. The van der Waals surface area contributed by atoms with Gasteiger partial charge in [0.25, 0.3) is 0 Å². The Balaban J connectivity index is 2.33. The largest absolute Gasteiger partial charge is 0.458 e. The van der Waals surface area contributed by atoms with Gasteiger partial charge in [-0.15, -0.1) is 0 Å². The number of hydrogen-bond donors (Lipinski definition) is 1. The highest BCUT2D eigenvalue weighted by Crippen LogP contribution is 2.23. The standard InChI is InChI=1S/C10H12N2O2/c1-6-3-4-8(13-6)9-5-12-10(14-9)7(2)11/h3-5,7H,11H2,1-2H3. The Morgan fingerprint density at radius 2 is 2.07 bits per heavy atom. The maximum atomic E-state index is 5.62. The lowest BCUT2D eigenvalue weighted by atomic mass is 10.4. The van der Waals surface area contributed by atoms with E-state index < -0.39 is 0 Å². The Kier molecular flexibility index (Phi) is 2.13. The van der Waals surface area contributed by atoms with Gasteiger partial charge in [0.1, 0.15) is 5.76 Å². The highest BCUT2D eigenvalue weighted by Gasteiger charge is 2.11. The van der Waals surface area contributed by atoms with Crippen molar-refractivity contribution in [1.29, 1.82) is 0 Å². The summed E-state index contributed by atoms with van der Waals surface area (Å²) in [5.41, 5.74) is 5.62. The second kappa shape index (κ2) is 3.31. The SMILES string of the molecule is Cc1ccc(-c2cnc(C(C)N)o2)o1. The van der Waals surface area contributed by atoms with Gasteiger partial charge >= 0.3 is 0 Å². The summed E-state index contributed by atoms with van der Waals surface area (Å²) in [5, 5.41) is 0. The molecule has 0 saturated heterocycles. The van der Waals surface area contributed by atoms with Crippen LogP contribution in [0.3, 0.4) is 0 Å². The Hall–Kier alpha value is -1.55. The molecule has 0 amide bonds. The van der Waals surface area contributed by atoms with Gasteiger partial charge in [-0.2, -0.15) is 0 Å². The highest BCUT2D eigenvalue weighted by molar-refractivity contribution is 5.48. The van der Waals surface area contributed by atoms with Crippen LogP contribution in [-0.4, -0.2) is 4.98 Å². The second-order valence-corrected chi connectivity index (χ2v) is 3.26. The van der Waals surface area contributed by atoms with E-state index in [4.69, 9.17) is 14.6 Å². The summed E-state index contributed by atoms with van der Waals surface area (Å²) in [6, 6.07) is 3.53. The maximum Gasteiger partial charge on any atom is 0.211 e. The van der Waals surface area contributed by atoms with Crippen LogP contribution in [0.15, 0.2) is 27.2 Å². The molecule has 2 rings (SSSR count). The Labute approximate surface area is 81.7 Å². The van der Waals surface area contributed by atoms with E-state index in [1.165, 1.54) is 0 Å². The lowest BCUT2D eigenvalue weighted by Gasteiger charge is -1.95. The third-order valence-corrected chi connectivity index (χ3v) is 1.90. The van der Waals surface area contributed by atoms with Crippen molar-refractivity contribution < 1.29 is 8.83 Å². The summed E-state index contributed by atoms with van der Waals surface area (Å²) < 4.78 is 10.8. The summed E-state index contributed by atoms with van der Waals surface area (Å²) in [4.78, 5) is 4.05. The molecule has 0 spiro atoms. The molecule has 0 radical (unpaired) electrons. The van der Waals surface area contributed by atoms with E-state index in [0.717, 1.165) is 5.76 Å². The smallest absolute Gasteiger partial charge is 0.211 e. The molecular weight excluding hydrogens is 180 g/mol. The molecule has 0 aliphatic carbocycles. The predicted octanol–water partition coefficient (Wildman–Crippen LogP) is 2.26. The Morgan fingerprint density at radius 1 is 1.29 bits per heavy atom. The minimum Gasteiger partial charge on any atom is -0.458 e. The second-order valence-electron chi connectivity index (χ2n) is 3.26. The zero-order chi connectivity index (χ0) is 10.1. The van der Waals surface area contributed by atoms with Gasteiger partial charge in [-0.1, -0.05) is 0 Å². The van der Waals surface area contributed by atoms with Gasteiger partial charge in [-0.3, -0.25) is 0 Å². The average Bonchev–Trinajstić information content (AvgIpc) is 2.70. The summed E-state index contributed by atoms with van der Waals surface area (Å²) in [6.07, 6.45) is 1.62. The van der Waals surface area contributed by atoms with E-state index in [-0.39, 0.29) is 6.04 Å². The van der Waals surface area contributed by atoms with Gasteiger partial charge in [0.15, 0.2) is 11.5 Å². The van der Waals surface area contributed by atoms with Crippen LogP contribution >= 0.6 is 0 Å². The van der Waals surface area contributed by atoms with Gasteiger partial charge in [-0.05, 0) is 26.0 Å². The molecule has 2 heterocycles. The van der Waals surface area contributed by atoms with E-state index in [9.17, 15) is 0 Å². The van der Waals surface area contributed by atoms with E-state index >= 15 is 0 Å². The van der Waals surface area contributed by atoms with Crippen molar-refractivity contribution >= 4 is 0 Å². The molecule has 0 aliphatic heterocycles. The first kappa shape index (κ1) is 9.02. The molecule has 2 N–H and O–H groups in total. The number of aryl methyl sites for hydroxylation is 1. The Bertz CT molecular complexity index is 429. The van der Waals surface area contributed by atoms with Crippen molar-refractivity contribution in [2.45, 2.75) is 19.9 Å². The van der Waals surface area contributed by atoms with E-state index in [0.29, 0.717) is 17.4 Å². The summed E-state index contributed by atoms with van der Waals surface area (Å²) >= 11 is 0. The molecule has 0 bridgehead atoms. The number of rotatable bonds is 2. The number of aromatic nitrogens is 1. The van der Waals surface area contributed by atoms with Crippen molar-refractivity contribution in [1.82, 2.24) is 4.98 Å². The number of furan rings is 1. The lowest BCUT2D eigenvalue weighted by molar-refractivity contribution is 0.453. The molecule has 0 fully saturated rings. The monoisotopic (exact) mass is 192 g/mol. The quantitative estimate of drug-likeness (QED) is 0.792. The molecule has 1 atom stereocenters. The molecule has 0 saturated carbocycles. The molecule has 1 unspecified atom stereocenters. The Morgan fingerprint density at radius 3 is 2.57 bits per heavy atom. The molecular formula is C10H12N2O2. The molecule has 2 aromatic heterocycles. The fourth-order valence-corrected chi connectivity index (χ4v) is 1.18. The molecule has 14 heavy (non-hydrogen) atoms. The van der Waals surface area contributed by atoms with Crippen molar-refractivity contribution in [3.8, 4) is 11.5 Å². The average molecular weight is 192 g/mol. The number of oxazole rings is 1. The number of hydrogen-bond acceptors (Lipinski definition) is 4. The van der Waals surface area contributed by atoms with Crippen LogP contribution in [0, 0.1) is 6.92 Å². The van der Waals surface area contributed by atoms with Crippen LogP contribution in [-0.2, 0) is 0 Å². The molecule has 74 valence electrons. The highest BCUT2D eigenvalue weighted by atomic mass is 16.4. The van der Waals surface area contributed by atoms with Crippen molar-refractivity contribution in [3.63, 3.8) is 0 Å².